The Morgan fingerprint density at radius 2 is 1.13 bits per heavy atom. The van der Waals surface area contributed by atoms with Gasteiger partial charge in [-0.05, 0) is 119 Å². The fourth-order valence-electron chi connectivity index (χ4n) is 13.2. The lowest BCUT2D eigenvalue weighted by Crippen LogP contribution is -2.55. The molecule has 7 heterocycles. The van der Waals surface area contributed by atoms with Crippen LogP contribution in [0.1, 0.15) is 139 Å². The van der Waals surface area contributed by atoms with E-state index in [1.807, 2.05) is 4.90 Å². The van der Waals surface area contributed by atoms with Gasteiger partial charge in [-0.25, -0.2) is 4.79 Å². The summed E-state index contributed by atoms with van der Waals surface area (Å²) in [6.45, 7) is 3.08. The van der Waals surface area contributed by atoms with Gasteiger partial charge in [0.05, 0.1) is 15.6 Å². The normalized spacial score (nSPS) is 21.3. The Morgan fingerprint density at radius 1 is 0.534 bits per heavy atom. The van der Waals surface area contributed by atoms with Crippen molar-refractivity contribution in [3.8, 4) is 80.1 Å². The molecule has 16 N–H and O–H groups in total. The van der Waals surface area contributed by atoms with Gasteiger partial charge in [0, 0.05) is 68.3 Å². The van der Waals surface area contributed by atoms with E-state index in [0.29, 0.717) is 25.1 Å². The van der Waals surface area contributed by atoms with Gasteiger partial charge in [-0.15, -0.1) is 0 Å². The molecule has 28 nitrogen and oxygen atoms in total. The predicted octanol–water partition coefficient (Wildman–Crippen LogP) is 7.77. The summed E-state index contributed by atoms with van der Waals surface area (Å²) in [7, 11) is 0. The minimum Gasteiger partial charge on any atom is -0.508 e. The van der Waals surface area contributed by atoms with Gasteiger partial charge >= 0.3 is 5.97 Å². The molecule has 0 spiro atoms. The van der Waals surface area contributed by atoms with Gasteiger partial charge in [-0.1, -0.05) is 92.9 Å². The number of hydrogen-bond acceptors (Lipinski definition) is 20. The predicted molar refractivity (Wildman–Crippen MR) is 369 cm³/mol. The Labute approximate surface area is 598 Å². The number of phenolic OH excluding ortho intramolecular Hbond substituents is 6. The molecule has 538 valence electrons. The van der Waals surface area contributed by atoms with Crippen LogP contribution in [0.2, 0.25) is 10.0 Å². The number of benzene rings is 7. The fraction of sp³-hybridized carbons (Fsp3) is 0.315. The number of carboxylic acids is 1. The van der Waals surface area contributed by atoms with Gasteiger partial charge in [-0.2, -0.15) is 0 Å². The topological polar surface area (TPSA) is 431 Å². The molecule has 1 saturated heterocycles. The lowest BCUT2D eigenvalue weighted by Gasteiger charge is -2.35. The maximum Gasteiger partial charge on any atom is 0.330 e. The first-order valence-corrected chi connectivity index (χ1v) is 34.1. The van der Waals surface area contributed by atoms with Crippen molar-refractivity contribution >= 4 is 70.5 Å². The summed E-state index contributed by atoms with van der Waals surface area (Å²) in [4.78, 5) is 122. The van der Waals surface area contributed by atoms with Gasteiger partial charge in [-0.3, -0.25) is 38.5 Å². The van der Waals surface area contributed by atoms with Crippen molar-refractivity contribution in [1.29, 1.82) is 0 Å². The first kappa shape index (κ1) is 71.8. The maximum absolute atomic E-state index is 16.0. The molecule has 0 unspecified atom stereocenters. The molecule has 30 heteroatoms. The molecular formula is C73H73Cl2N9O19. The Morgan fingerprint density at radius 3 is 1.80 bits per heavy atom. The van der Waals surface area contributed by atoms with Crippen molar-refractivity contribution in [3.05, 3.63) is 164 Å². The van der Waals surface area contributed by atoms with Crippen LogP contribution in [-0.2, 0) is 51.3 Å². The third-order valence-corrected chi connectivity index (χ3v) is 19.4. The lowest BCUT2D eigenvalue weighted by atomic mass is 9.88. The highest BCUT2D eigenvalue weighted by Crippen LogP contribution is 2.50. The summed E-state index contributed by atoms with van der Waals surface area (Å²) in [6.07, 6.45) is 5.08. The Bertz CT molecular complexity index is 4570. The second kappa shape index (κ2) is 30.3. The van der Waals surface area contributed by atoms with Crippen LogP contribution in [0.25, 0.3) is 11.1 Å². The van der Waals surface area contributed by atoms with E-state index in [1.165, 1.54) is 54.6 Å². The number of piperazine rings is 1. The number of hydrogen-bond donors (Lipinski definition) is 15. The second-order valence-electron chi connectivity index (χ2n) is 25.9. The maximum atomic E-state index is 16.0. The van der Waals surface area contributed by atoms with Crippen molar-refractivity contribution in [2.45, 2.75) is 120 Å². The molecule has 0 aromatic heterocycles. The van der Waals surface area contributed by atoms with Crippen LogP contribution < -0.4 is 51.8 Å². The molecule has 1 fully saturated rings. The second-order valence-corrected chi connectivity index (χ2v) is 26.7. The molecule has 7 aromatic rings. The summed E-state index contributed by atoms with van der Waals surface area (Å²) in [5.41, 5.74) is 4.20. The van der Waals surface area contributed by atoms with E-state index < -0.39 is 152 Å². The van der Waals surface area contributed by atoms with Crippen molar-refractivity contribution in [2.75, 3.05) is 26.2 Å². The number of rotatable bonds is 11. The number of carboxylic acid groups (broad SMARTS) is 1. The van der Waals surface area contributed by atoms with Gasteiger partial charge in [0.15, 0.2) is 29.0 Å². The Balaban J connectivity index is 0.997. The van der Waals surface area contributed by atoms with Gasteiger partial charge in [0.25, 0.3) is 0 Å². The number of aliphatic hydroxyl groups is 1. The molecule has 7 aliphatic heterocycles. The highest BCUT2D eigenvalue weighted by atomic mass is 35.5. The molecule has 0 saturated carbocycles. The van der Waals surface area contributed by atoms with E-state index in [0.717, 1.165) is 99.5 Å². The lowest BCUT2D eigenvalue weighted by molar-refractivity contribution is -0.143. The molecule has 7 amide bonds. The first-order chi connectivity index (χ1) is 49.3. The zero-order valence-corrected chi connectivity index (χ0v) is 56.7. The molecule has 0 aliphatic carbocycles. The molecular weight excluding hydrogens is 1380 g/mol. The highest BCUT2D eigenvalue weighted by Gasteiger charge is 2.42. The van der Waals surface area contributed by atoms with Crippen molar-refractivity contribution in [2.24, 2.45) is 5.73 Å². The highest BCUT2D eigenvalue weighted by molar-refractivity contribution is 6.32. The Kier molecular flexibility index (Phi) is 21.1. The average molecular weight is 1450 g/mol. The van der Waals surface area contributed by atoms with E-state index in [4.69, 9.17) is 43.1 Å². The first-order valence-electron chi connectivity index (χ1n) is 33.4. The number of aromatic hydroxyl groups is 6. The number of unbranched alkanes of at least 4 members (excludes halogenated alkanes) is 6. The number of carbonyl (C=O) groups excluding carboxylic acids is 7. The van der Waals surface area contributed by atoms with Crippen LogP contribution >= 0.6 is 23.2 Å². The minimum absolute atomic E-state index is 0.0141. The SMILES string of the molecule is CCCCCCCCCC(=O)N1CCN(Cc2c(O)cc3c(c2O)-c2cc(ccc2O)[C@H]2NC(=O)[C@@H]4NC(=O)[C@H]5NC(=O)[C@@H](Cc6ccc(c(Cl)c6)Oc6cc4cc(c6O)Oc4ccc(cc4Cl)[C@@H](O)[C@H](NC2=O)C(=O)N[C@@H]3C(=O)O)NC(=O)[C@@H](N)c2ccc(O)c(c2)Oc2cc(O)cc5c2)CC1. The number of nitrogens with two attached hydrogens (primary N) is 1. The van der Waals surface area contributed by atoms with Crippen LogP contribution in [0.3, 0.4) is 0 Å². The number of fused-ring (bicyclic) bond motifs is 14. The molecule has 14 rings (SSSR count). The quantitative estimate of drug-likeness (QED) is 0.0550. The molecule has 7 aromatic carbocycles. The summed E-state index contributed by atoms with van der Waals surface area (Å²) in [5, 5.41) is 109. The van der Waals surface area contributed by atoms with E-state index >= 15 is 24.0 Å². The number of carbonyl (C=O) groups is 8. The smallest absolute Gasteiger partial charge is 0.330 e. The van der Waals surface area contributed by atoms with Crippen molar-refractivity contribution in [3.63, 3.8) is 0 Å². The average Bonchev–Trinajstić information content (AvgIpc) is 0.757. The van der Waals surface area contributed by atoms with Crippen LogP contribution in [0.5, 0.6) is 69.0 Å². The number of aliphatic carboxylic acids is 1. The van der Waals surface area contributed by atoms with Crippen LogP contribution in [0.15, 0.2) is 109 Å². The van der Waals surface area contributed by atoms with Gasteiger partial charge in [0.2, 0.25) is 47.1 Å². The molecule has 8 atom stereocenters. The standard InChI is InChI=1S/C73H73Cl2N9O19/c1-2-3-4-5-6-7-8-9-56(89)84-20-18-83(19-21-84)33-44-50(88)32-43-57(65(44)91)42-26-36(12-14-48(42)86)59-69(95)82-63(72(98)81-62(43)73(99)100)64(90)37-13-17-52(46(75)27-37)103-55-30-39-29-54(66(55)92)102-51-16-10-34(22-45(51)74)23-47-67(93)78-60(70(96)80-61(39)71(97)79-59)38-24-40(85)31-41(25-38)101-53-28-35(11-15-49(53)87)58(76)68(94)77-47/h10-17,22,24-32,47,58-64,85-88,90-92H,2-9,18-21,23,33,76H2,1H3,(H,77,94)(H,78,93)(H,79,97)(H,80,96)(H,81,98)(H,82,95)(H,99,100)/t47-,58+,59-,60+,61-,62+,63+,64-/m1/s1. The van der Waals surface area contributed by atoms with Crippen LogP contribution in [-0.4, -0.2) is 136 Å². The van der Waals surface area contributed by atoms with E-state index in [2.05, 4.69) is 38.8 Å². The molecule has 7 aliphatic rings. The monoisotopic (exact) mass is 1450 g/mol. The van der Waals surface area contributed by atoms with Crippen LogP contribution in [0.4, 0.5) is 0 Å². The number of nitrogens with one attached hydrogen (secondary N) is 6. The molecule has 103 heavy (non-hydrogen) atoms. The van der Waals surface area contributed by atoms with E-state index in [9.17, 15) is 55.2 Å². The number of halogens is 2. The zero-order valence-electron chi connectivity index (χ0n) is 55.2. The van der Waals surface area contributed by atoms with Crippen molar-refractivity contribution in [1.82, 2.24) is 41.7 Å². The van der Waals surface area contributed by atoms with Gasteiger partial charge in [0.1, 0.15) is 82.6 Å². The third kappa shape index (κ3) is 15.4. The van der Waals surface area contributed by atoms with Gasteiger partial charge < -0.3 is 97.6 Å². The summed E-state index contributed by atoms with van der Waals surface area (Å²) >= 11 is 13.8. The zero-order chi connectivity index (χ0) is 73.2. The number of ether oxygens (including phenoxy) is 3. The fourth-order valence-corrected chi connectivity index (χ4v) is 13.7. The molecule has 17 bridgehead atoms. The Hall–Kier alpha value is -11.0. The van der Waals surface area contributed by atoms with Crippen LogP contribution in [0, 0.1) is 0 Å². The minimum atomic E-state index is -2.25. The number of amides is 7. The third-order valence-electron chi connectivity index (χ3n) is 18.8. The largest absolute Gasteiger partial charge is 0.508 e. The number of aliphatic hydroxyl groups excluding tert-OH is 1. The van der Waals surface area contributed by atoms with E-state index in [1.54, 1.807) is 4.90 Å². The number of nitrogens with zero attached hydrogens (tertiary/aromatic N) is 2. The number of phenols is 6. The molecule has 0 radical (unpaired) electrons. The van der Waals surface area contributed by atoms with Crippen molar-refractivity contribution < 1.29 is 93.4 Å². The summed E-state index contributed by atoms with van der Waals surface area (Å²) in [6, 6.07) is 7.37. The summed E-state index contributed by atoms with van der Waals surface area (Å²) < 4.78 is 18.6. The summed E-state index contributed by atoms with van der Waals surface area (Å²) in [5.74, 6) is -15.0. The van der Waals surface area contributed by atoms with E-state index in [-0.39, 0.29) is 98.4 Å².